The summed E-state index contributed by atoms with van der Waals surface area (Å²) in [5, 5.41) is 9.24. The monoisotopic (exact) mass is 576 g/mol. The number of nitrogens with one attached hydrogen (secondary N) is 2. The third-order valence-electron chi connectivity index (χ3n) is 5.97. The van der Waals surface area contributed by atoms with Crippen molar-refractivity contribution >= 4 is 45.1 Å². The second-order valence-electron chi connectivity index (χ2n) is 8.84. The number of benzene rings is 2. The molecule has 0 amide bonds. The normalized spacial score (nSPS) is 11.6. The molecule has 0 aliphatic rings. The summed E-state index contributed by atoms with van der Waals surface area (Å²) >= 11 is 5.87. The molecule has 0 fully saturated rings. The van der Waals surface area contributed by atoms with Crippen molar-refractivity contribution in [2.75, 3.05) is 38.7 Å². The van der Waals surface area contributed by atoms with E-state index in [2.05, 4.69) is 20.4 Å². The number of ether oxygens (including phenoxy) is 3. The lowest BCUT2D eigenvalue weighted by Gasteiger charge is -2.12. The summed E-state index contributed by atoms with van der Waals surface area (Å²) in [4.78, 5) is 20.9. The topological polar surface area (TPSA) is 94.6 Å². The zero-order valence-electron chi connectivity index (χ0n) is 21.7. The number of rotatable bonds is 13. The van der Waals surface area contributed by atoms with Gasteiger partial charge in [-0.15, -0.1) is 13.2 Å². The lowest BCUT2D eigenvalue weighted by Crippen LogP contribution is -2.18. The lowest BCUT2D eigenvalue weighted by molar-refractivity contribution is -0.274. The maximum absolute atomic E-state index is 12.3. The predicted molar refractivity (Wildman–Crippen MR) is 147 cm³/mol. The Morgan fingerprint density at radius 1 is 1.00 bits per heavy atom. The minimum Gasteiger partial charge on any atom is -0.465 e. The van der Waals surface area contributed by atoms with E-state index >= 15 is 0 Å². The second-order valence-corrected chi connectivity index (χ2v) is 9.25. The first-order valence-electron chi connectivity index (χ1n) is 12.6. The van der Waals surface area contributed by atoms with Crippen LogP contribution in [-0.2, 0) is 16.0 Å². The Hall–Kier alpha value is -3.67. The van der Waals surface area contributed by atoms with Crippen molar-refractivity contribution in [3.63, 3.8) is 0 Å². The van der Waals surface area contributed by atoms with Gasteiger partial charge in [-0.25, -0.2) is 9.78 Å². The summed E-state index contributed by atoms with van der Waals surface area (Å²) in [7, 11) is 1.34. The first kappa shape index (κ1) is 29.3. The molecular formula is C28H28ClF3N4O4. The van der Waals surface area contributed by atoms with Crippen LogP contribution >= 0.6 is 11.6 Å². The molecule has 2 heterocycles. The van der Waals surface area contributed by atoms with Crippen molar-refractivity contribution in [3.05, 3.63) is 71.0 Å². The van der Waals surface area contributed by atoms with Gasteiger partial charge in [-0.1, -0.05) is 23.7 Å². The molecule has 12 heteroatoms. The molecule has 0 atom stereocenters. The molecule has 0 spiro atoms. The van der Waals surface area contributed by atoms with Crippen LogP contribution < -0.4 is 15.4 Å². The molecule has 0 unspecified atom stereocenters. The maximum atomic E-state index is 12.3. The highest BCUT2D eigenvalue weighted by atomic mass is 35.5. The molecule has 2 aromatic heterocycles. The van der Waals surface area contributed by atoms with Gasteiger partial charge >= 0.3 is 12.3 Å². The fourth-order valence-electron chi connectivity index (χ4n) is 4.10. The van der Waals surface area contributed by atoms with E-state index in [1.165, 1.54) is 25.3 Å². The van der Waals surface area contributed by atoms with Crippen LogP contribution in [0.1, 0.15) is 28.8 Å². The molecule has 4 rings (SSSR count). The number of esters is 1. The maximum Gasteiger partial charge on any atom is 0.573 e. The zero-order chi connectivity index (χ0) is 28.5. The minimum absolute atomic E-state index is 0.0944. The Morgan fingerprint density at radius 2 is 1.80 bits per heavy atom. The van der Waals surface area contributed by atoms with Gasteiger partial charge in [0.2, 0.25) is 0 Å². The summed E-state index contributed by atoms with van der Waals surface area (Å²) in [6, 6.07) is 11.4. The van der Waals surface area contributed by atoms with Gasteiger partial charge in [-0.05, 0) is 55.3 Å². The number of anilines is 1. The van der Waals surface area contributed by atoms with Gasteiger partial charge in [0, 0.05) is 54.9 Å². The highest BCUT2D eigenvalue weighted by molar-refractivity contribution is 6.32. The van der Waals surface area contributed by atoms with E-state index in [1.54, 1.807) is 24.5 Å². The van der Waals surface area contributed by atoms with E-state index in [1.807, 2.05) is 12.1 Å². The Morgan fingerprint density at radius 3 is 2.55 bits per heavy atom. The van der Waals surface area contributed by atoms with Crippen LogP contribution in [0.25, 0.3) is 21.7 Å². The smallest absolute Gasteiger partial charge is 0.465 e. The third kappa shape index (κ3) is 7.93. The molecule has 4 aromatic rings. The van der Waals surface area contributed by atoms with Crippen LogP contribution in [0.2, 0.25) is 5.02 Å². The van der Waals surface area contributed by atoms with Crippen molar-refractivity contribution in [1.29, 1.82) is 0 Å². The number of carbonyl (C=O) groups excluding carboxylic acids is 1. The van der Waals surface area contributed by atoms with Gasteiger partial charge in [0.15, 0.2) is 0 Å². The van der Waals surface area contributed by atoms with Crippen LogP contribution in [-0.4, -0.2) is 55.7 Å². The number of halogens is 4. The Balaban J connectivity index is 1.18. The molecule has 8 nitrogen and oxygen atoms in total. The van der Waals surface area contributed by atoms with Crippen molar-refractivity contribution in [1.82, 2.24) is 15.3 Å². The van der Waals surface area contributed by atoms with E-state index in [-0.39, 0.29) is 5.02 Å². The van der Waals surface area contributed by atoms with Gasteiger partial charge in [-0.2, -0.15) is 0 Å². The molecule has 0 aliphatic heterocycles. The molecule has 0 aliphatic carbocycles. The van der Waals surface area contributed by atoms with Crippen LogP contribution in [0.15, 0.2) is 54.9 Å². The number of hydrogen-bond donors (Lipinski definition) is 2. The highest BCUT2D eigenvalue weighted by Crippen LogP contribution is 2.31. The molecule has 2 N–H and O–H groups in total. The number of nitrogens with zero attached hydrogens (tertiary/aromatic N) is 2. The first-order chi connectivity index (χ1) is 19.2. The van der Waals surface area contributed by atoms with E-state index in [4.69, 9.17) is 26.1 Å². The summed E-state index contributed by atoms with van der Waals surface area (Å²) < 4.78 is 51.4. The van der Waals surface area contributed by atoms with Crippen molar-refractivity contribution in [2.45, 2.75) is 25.7 Å². The number of alkyl halides is 3. The van der Waals surface area contributed by atoms with Gasteiger partial charge in [-0.3, -0.25) is 4.98 Å². The van der Waals surface area contributed by atoms with Crippen molar-refractivity contribution in [3.8, 4) is 5.75 Å². The fraction of sp³-hybridized carbons (Fsp3) is 0.321. The second kappa shape index (κ2) is 13.6. The van der Waals surface area contributed by atoms with Crippen LogP contribution in [0, 0.1) is 0 Å². The lowest BCUT2D eigenvalue weighted by atomic mass is 10.1. The number of hydrogen-bond acceptors (Lipinski definition) is 8. The minimum atomic E-state index is -4.78. The van der Waals surface area contributed by atoms with Crippen molar-refractivity contribution < 1.29 is 32.2 Å². The highest BCUT2D eigenvalue weighted by Gasteiger charge is 2.32. The summed E-state index contributed by atoms with van der Waals surface area (Å²) in [6.45, 7) is 2.89. The first-order valence-corrected chi connectivity index (χ1v) is 13.0. The Kier molecular flexibility index (Phi) is 9.97. The van der Waals surface area contributed by atoms with E-state index in [0.29, 0.717) is 49.7 Å². The largest absolute Gasteiger partial charge is 0.573 e. The number of carbonyl (C=O) groups is 1. The molecule has 0 bridgehead atoms. The average molecular weight is 577 g/mol. The summed E-state index contributed by atoms with van der Waals surface area (Å²) in [5.41, 5.74) is 1.85. The Labute approximate surface area is 233 Å². The quantitative estimate of drug-likeness (QED) is 0.112. The van der Waals surface area contributed by atoms with Crippen molar-refractivity contribution in [2.24, 2.45) is 0 Å². The zero-order valence-corrected chi connectivity index (χ0v) is 22.4. The molecule has 0 radical (unpaired) electrons. The summed E-state index contributed by atoms with van der Waals surface area (Å²) in [6.07, 6.45) is 0.240. The van der Waals surface area contributed by atoms with Crippen LogP contribution in [0.3, 0.4) is 0 Å². The van der Waals surface area contributed by atoms with Gasteiger partial charge in [0.05, 0.1) is 23.2 Å². The molecule has 0 saturated carbocycles. The van der Waals surface area contributed by atoms with Gasteiger partial charge < -0.3 is 24.8 Å². The van der Waals surface area contributed by atoms with Crippen LogP contribution in [0.4, 0.5) is 19.0 Å². The Bertz CT molecular complexity index is 1470. The van der Waals surface area contributed by atoms with E-state index in [9.17, 15) is 18.0 Å². The standard InChI is InChI=1S/C28H28ClF3N4O4/c1-38-27(37)19-5-6-20-22-17-34-11-8-21(22)26(36-24(20)15-19)35-10-3-13-39-12-2-9-33-16-18-4-7-25(23(29)14-18)40-28(30,31)32/h4-8,11,14-15,17,33H,2-3,9-10,12-13,16H2,1H3,(H,35,36). The van der Waals surface area contributed by atoms with E-state index < -0.39 is 18.1 Å². The fourth-order valence-corrected chi connectivity index (χ4v) is 4.35. The number of methoxy groups -OCH3 is 1. The van der Waals surface area contributed by atoms with E-state index in [0.717, 1.165) is 34.6 Å². The SMILES string of the molecule is COC(=O)c1ccc2c(c1)nc(NCCCOCCCNCc1ccc(OC(F)(F)F)c(Cl)c1)c1ccncc12. The number of fused-ring (bicyclic) bond motifs is 3. The average Bonchev–Trinajstić information content (AvgIpc) is 2.94. The predicted octanol–water partition coefficient (Wildman–Crippen LogP) is 6.12. The molecule has 0 saturated heterocycles. The van der Waals surface area contributed by atoms with Gasteiger partial charge in [0.1, 0.15) is 11.6 Å². The molecule has 212 valence electrons. The van der Waals surface area contributed by atoms with Gasteiger partial charge in [0.25, 0.3) is 0 Å². The number of pyridine rings is 2. The molecule has 40 heavy (non-hydrogen) atoms. The molecular weight excluding hydrogens is 549 g/mol. The van der Waals surface area contributed by atoms with Crippen LogP contribution in [0.5, 0.6) is 5.75 Å². The molecule has 2 aromatic carbocycles. The third-order valence-corrected chi connectivity index (χ3v) is 6.26. The summed E-state index contributed by atoms with van der Waals surface area (Å²) in [5.74, 6) is -0.140. The number of aromatic nitrogens is 2.